The maximum Gasteiger partial charge on any atom is 0.404 e. The van der Waals surface area contributed by atoms with E-state index < -0.39 is 27.1 Å². The lowest BCUT2D eigenvalue weighted by Crippen LogP contribution is -2.28. The molecule has 0 fully saturated rings. The van der Waals surface area contributed by atoms with Crippen LogP contribution in [0.5, 0.6) is 0 Å². The smallest absolute Gasteiger partial charge is 0.404 e. The Bertz CT molecular complexity index is 313. The van der Waals surface area contributed by atoms with Gasteiger partial charge in [0.2, 0.25) is 0 Å². The highest BCUT2D eigenvalue weighted by molar-refractivity contribution is 7.90. The first-order chi connectivity index (χ1) is 7.67. The summed E-state index contributed by atoms with van der Waals surface area (Å²) >= 11 is 0. The highest BCUT2D eigenvalue weighted by atomic mass is 31.2. The molecule has 8 heteroatoms. The van der Waals surface area contributed by atoms with Crippen LogP contribution in [0.3, 0.4) is 0 Å². The van der Waals surface area contributed by atoms with Crippen LogP contribution in [0, 0.1) is 0 Å². The van der Waals surface area contributed by atoms with Gasteiger partial charge in [-0.1, -0.05) is 0 Å². The zero-order valence-corrected chi connectivity index (χ0v) is 12.7. The summed E-state index contributed by atoms with van der Waals surface area (Å²) < 4.78 is 26.7. The first kappa shape index (κ1) is 16.3. The van der Waals surface area contributed by atoms with Crippen LogP contribution in [0.1, 0.15) is 13.8 Å². The molecule has 17 heavy (non-hydrogen) atoms. The molecule has 0 radical (unpaired) electrons. The minimum Gasteiger partial charge on any atom is -0.458 e. The van der Waals surface area contributed by atoms with E-state index >= 15 is 0 Å². The molecule has 0 aliphatic heterocycles. The average Bonchev–Trinajstić information content (AvgIpc) is 2.15. The average molecular weight is 282 g/mol. The molecular formula is C9H19O6PSi. The zero-order valence-electron chi connectivity index (χ0n) is 10.8. The van der Waals surface area contributed by atoms with Gasteiger partial charge in [-0.2, -0.15) is 0 Å². The quantitative estimate of drug-likeness (QED) is 0.548. The summed E-state index contributed by atoms with van der Waals surface area (Å²) in [4.78, 5) is 23.1. The van der Waals surface area contributed by atoms with Gasteiger partial charge in [0.15, 0.2) is 8.32 Å². The molecule has 0 saturated carbocycles. The van der Waals surface area contributed by atoms with E-state index in [1.807, 2.05) is 0 Å². The van der Waals surface area contributed by atoms with Gasteiger partial charge in [-0.05, 0) is 33.5 Å². The van der Waals surface area contributed by atoms with E-state index in [1.165, 1.54) is 0 Å². The largest absolute Gasteiger partial charge is 0.458 e. The van der Waals surface area contributed by atoms with E-state index in [2.05, 4.69) is 9.47 Å². The van der Waals surface area contributed by atoms with Gasteiger partial charge in [0.05, 0.1) is 13.2 Å². The molecule has 0 saturated heterocycles. The molecule has 0 aromatic heterocycles. The maximum absolute atomic E-state index is 12.3. The standard InChI is InChI=1S/C9H19O6PSi/c1-6-13-8(10)16(12,9(11)14-7-2)15-17(3,4)5/h6-7H2,1-5H3. The third-order valence-corrected chi connectivity index (χ3v) is 5.86. The Kier molecular flexibility index (Phi) is 6.08. The van der Waals surface area contributed by atoms with Crippen LogP contribution in [0.2, 0.25) is 19.6 Å². The van der Waals surface area contributed by atoms with Crippen molar-refractivity contribution in [3.63, 3.8) is 0 Å². The molecule has 0 heterocycles. The molecule has 0 bridgehead atoms. The fourth-order valence-corrected chi connectivity index (χ4v) is 5.38. The topological polar surface area (TPSA) is 78.9 Å². The van der Waals surface area contributed by atoms with Crippen LogP contribution in [0.15, 0.2) is 0 Å². The maximum atomic E-state index is 12.3. The van der Waals surface area contributed by atoms with E-state index in [0.717, 1.165) is 0 Å². The van der Waals surface area contributed by atoms with Crippen molar-refractivity contribution in [3.05, 3.63) is 0 Å². The number of carbonyl (C=O) groups excluding carboxylic acids is 2. The van der Waals surface area contributed by atoms with Crippen molar-refractivity contribution in [2.24, 2.45) is 0 Å². The number of ether oxygens (including phenoxy) is 2. The zero-order chi connectivity index (χ0) is 13.7. The van der Waals surface area contributed by atoms with Gasteiger partial charge >= 0.3 is 18.8 Å². The lowest BCUT2D eigenvalue weighted by Gasteiger charge is -2.22. The molecule has 0 amide bonds. The summed E-state index contributed by atoms with van der Waals surface area (Å²) in [5, 5.41) is 0. The Labute approximate surface area is 102 Å². The Hall–Kier alpha value is -0.653. The first-order valence-corrected chi connectivity index (χ1v) is 10.4. The van der Waals surface area contributed by atoms with Crippen LogP contribution < -0.4 is 0 Å². The van der Waals surface area contributed by atoms with E-state index in [4.69, 9.17) is 4.21 Å². The second-order valence-electron chi connectivity index (χ2n) is 4.15. The van der Waals surface area contributed by atoms with Gasteiger partial charge < -0.3 is 13.7 Å². The van der Waals surface area contributed by atoms with Crippen molar-refractivity contribution in [1.29, 1.82) is 0 Å². The minimum atomic E-state index is -4.22. The third kappa shape index (κ3) is 5.02. The van der Waals surface area contributed by atoms with E-state index in [1.54, 1.807) is 33.5 Å². The monoisotopic (exact) mass is 282 g/mol. The molecule has 0 aromatic rings. The van der Waals surface area contributed by atoms with Crippen molar-refractivity contribution < 1.29 is 27.8 Å². The van der Waals surface area contributed by atoms with E-state index in [9.17, 15) is 14.2 Å². The molecule has 0 unspecified atom stereocenters. The predicted molar refractivity (Wildman–Crippen MR) is 66.1 cm³/mol. The van der Waals surface area contributed by atoms with Gasteiger partial charge in [0.25, 0.3) is 0 Å². The van der Waals surface area contributed by atoms with E-state index in [0.29, 0.717) is 0 Å². The molecule has 0 spiro atoms. The van der Waals surface area contributed by atoms with Crippen molar-refractivity contribution in [3.8, 4) is 0 Å². The summed E-state index contributed by atoms with van der Waals surface area (Å²) in [6, 6.07) is 0. The van der Waals surface area contributed by atoms with Crippen LogP contribution in [-0.4, -0.2) is 33.0 Å². The number of rotatable bonds is 6. The molecule has 0 rings (SSSR count). The van der Waals surface area contributed by atoms with Gasteiger partial charge in [0.1, 0.15) is 0 Å². The summed E-state index contributed by atoms with van der Waals surface area (Å²) in [5.74, 6) is 0. The summed E-state index contributed by atoms with van der Waals surface area (Å²) in [6.45, 7) is 8.33. The SMILES string of the molecule is CCOC(=O)P(=O)(O[Si](C)(C)C)C(=O)OCC. The highest BCUT2D eigenvalue weighted by Gasteiger charge is 2.48. The van der Waals surface area contributed by atoms with Crippen LogP contribution in [-0.2, 0) is 18.3 Å². The third-order valence-electron chi connectivity index (χ3n) is 1.42. The van der Waals surface area contributed by atoms with Gasteiger partial charge in [-0.15, -0.1) is 0 Å². The Morgan fingerprint density at radius 3 is 1.59 bits per heavy atom. The molecule has 0 atom stereocenters. The van der Waals surface area contributed by atoms with Gasteiger partial charge in [0, 0.05) is 0 Å². The number of hydrogen-bond acceptors (Lipinski definition) is 6. The minimum absolute atomic E-state index is 0.0251. The Morgan fingerprint density at radius 1 is 1.00 bits per heavy atom. The van der Waals surface area contributed by atoms with Gasteiger partial charge in [-0.25, -0.2) is 9.59 Å². The highest BCUT2D eigenvalue weighted by Crippen LogP contribution is 2.53. The second kappa shape index (κ2) is 6.33. The fourth-order valence-electron chi connectivity index (χ4n) is 0.952. The van der Waals surface area contributed by atoms with Crippen molar-refractivity contribution in [2.45, 2.75) is 33.5 Å². The van der Waals surface area contributed by atoms with Crippen LogP contribution in [0.25, 0.3) is 0 Å². The van der Waals surface area contributed by atoms with Crippen molar-refractivity contribution >= 4 is 27.1 Å². The molecule has 0 N–H and O–H groups in total. The van der Waals surface area contributed by atoms with Crippen LogP contribution in [0.4, 0.5) is 9.59 Å². The van der Waals surface area contributed by atoms with Crippen molar-refractivity contribution in [1.82, 2.24) is 0 Å². The molecule has 0 aromatic carbocycles. The molecule has 0 aliphatic rings. The number of carbonyl (C=O) groups is 2. The summed E-state index contributed by atoms with van der Waals surface area (Å²) in [7, 11) is -6.56. The second-order valence-corrected chi connectivity index (χ2v) is 10.9. The first-order valence-electron chi connectivity index (χ1n) is 5.32. The predicted octanol–water partition coefficient (Wildman–Crippen LogP) is 3.43. The lowest BCUT2D eigenvalue weighted by molar-refractivity contribution is 0.164. The Balaban J connectivity index is 5.14. The molecule has 0 aliphatic carbocycles. The van der Waals surface area contributed by atoms with Gasteiger partial charge in [-0.3, -0.25) is 4.57 Å². The molecule has 100 valence electrons. The van der Waals surface area contributed by atoms with Crippen LogP contribution >= 0.6 is 7.37 Å². The normalized spacial score (nSPS) is 12.1. The fraction of sp³-hybridized carbons (Fsp3) is 0.778. The number of hydrogen-bond donors (Lipinski definition) is 0. The summed E-state index contributed by atoms with van der Waals surface area (Å²) in [6.07, 6.45) is 0. The summed E-state index contributed by atoms with van der Waals surface area (Å²) in [5.41, 5.74) is -2.28. The molecule has 6 nitrogen and oxygen atoms in total. The Morgan fingerprint density at radius 2 is 1.35 bits per heavy atom. The van der Waals surface area contributed by atoms with Crippen molar-refractivity contribution in [2.75, 3.05) is 13.2 Å². The van der Waals surface area contributed by atoms with E-state index in [-0.39, 0.29) is 13.2 Å². The lowest BCUT2D eigenvalue weighted by atomic mass is 10.9. The molecular weight excluding hydrogens is 263 g/mol.